The van der Waals surface area contributed by atoms with Crippen molar-refractivity contribution in [3.8, 4) is 11.5 Å². The van der Waals surface area contributed by atoms with Gasteiger partial charge in [0, 0.05) is 25.2 Å². The van der Waals surface area contributed by atoms with Crippen LogP contribution >= 0.6 is 0 Å². The maximum atomic E-state index is 12.8. The van der Waals surface area contributed by atoms with E-state index in [2.05, 4.69) is 5.32 Å². The second-order valence-electron chi connectivity index (χ2n) is 6.12. The zero-order chi connectivity index (χ0) is 18.1. The maximum absolute atomic E-state index is 12.8. The molecule has 0 aromatic heterocycles. The minimum absolute atomic E-state index is 0.175. The van der Waals surface area contributed by atoms with E-state index in [4.69, 9.17) is 9.47 Å². The largest absolute Gasteiger partial charge is 0.454 e. The van der Waals surface area contributed by atoms with Crippen LogP contribution in [0.5, 0.6) is 11.5 Å². The third-order valence-corrected chi connectivity index (χ3v) is 4.58. The molecule has 132 valence electrons. The van der Waals surface area contributed by atoms with Crippen molar-refractivity contribution in [1.82, 2.24) is 5.32 Å². The molecule has 4 rings (SSSR count). The molecule has 0 saturated carbocycles. The van der Waals surface area contributed by atoms with Crippen LogP contribution in [0, 0.1) is 0 Å². The molecule has 0 aliphatic carbocycles. The van der Waals surface area contributed by atoms with E-state index in [1.165, 1.54) is 6.08 Å². The van der Waals surface area contributed by atoms with Crippen molar-refractivity contribution in [2.24, 2.45) is 0 Å². The lowest BCUT2D eigenvalue weighted by atomic mass is 10.1. The summed E-state index contributed by atoms with van der Waals surface area (Å²) in [5.74, 6) is 0.947. The van der Waals surface area contributed by atoms with Crippen molar-refractivity contribution in [2.45, 2.75) is 12.5 Å². The van der Waals surface area contributed by atoms with Crippen molar-refractivity contribution < 1.29 is 19.1 Å². The number of para-hydroxylation sites is 1. The van der Waals surface area contributed by atoms with Crippen LogP contribution in [0.3, 0.4) is 0 Å². The van der Waals surface area contributed by atoms with Gasteiger partial charge in [-0.1, -0.05) is 24.3 Å². The summed E-state index contributed by atoms with van der Waals surface area (Å²) in [4.78, 5) is 26.6. The fourth-order valence-electron chi connectivity index (χ4n) is 3.30. The molecule has 0 unspecified atom stereocenters. The van der Waals surface area contributed by atoms with E-state index in [9.17, 15) is 9.59 Å². The third kappa shape index (κ3) is 2.79. The molecule has 0 spiro atoms. The van der Waals surface area contributed by atoms with E-state index in [0.29, 0.717) is 17.9 Å². The summed E-state index contributed by atoms with van der Waals surface area (Å²) >= 11 is 0. The van der Waals surface area contributed by atoms with E-state index in [1.54, 1.807) is 18.0 Å². The fraction of sp³-hybridized carbons (Fsp3) is 0.200. The van der Waals surface area contributed by atoms with Gasteiger partial charge in [0.2, 0.25) is 12.7 Å². The number of hydrogen-bond donors (Lipinski definition) is 1. The van der Waals surface area contributed by atoms with Gasteiger partial charge in [-0.3, -0.25) is 14.5 Å². The Morgan fingerprint density at radius 2 is 1.96 bits per heavy atom. The molecule has 2 aliphatic rings. The summed E-state index contributed by atoms with van der Waals surface area (Å²) in [6.45, 7) is 0.208. The van der Waals surface area contributed by atoms with Crippen molar-refractivity contribution in [3.05, 3.63) is 59.7 Å². The van der Waals surface area contributed by atoms with E-state index in [1.807, 2.05) is 42.5 Å². The standard InChI is InChI=1S/C20H18N2O4/c1-21-20(24)16-11-14-4-2-3-5-15(14)22(16)19(23)9-7-13-6-8-17-18(10-13)26-12-25-17/h2-10,16H,11-12H2,1H3,(H,21,24)/b9-7-/t16-/m1/s1. The minimum atomic E-state index is -0.536. The molecule has 2 amide bonds. The second kappa shape index (κ2) is 6.55. The van der Waals surface area contributed by atoms with Crippen molar-refractivity contribution >= 4 is 23.6 Å². The van der Waals surface area contributed by atoms with Gasteiger partial charge in [-0.05, 0) is 35.4 Å². The van der Waals surface area contributed by atoms with Crippen LogP contribution < -0.4 is 19.7 Å². The topological polar surface area (TPSA) is 67.9 Å². The summed E-state index contributed by atoms with van der Waals surface area (Å²) < 4.78 is 10.6. The fourth-order valence-corrected chi connectivity index (χ4v) is 3.30. The van der Waals surface area contributed by atoms with Gasteiger partial charge in [0.25, 0.3) is 5.91 Å². The number of hydrogen-bond acceptors (Lipinski definition) is 4. The quantitative estimate of drug-likeness (QED) is 0.861. The Bertz CT molecular complexity index is 906. The summed E-state index contributed by atoms with van der Waals surface area (Å²) in [7, 11) is 1.58. The van der Waals surface area contributed by atoms with Crippen LogP contribution in [0.2, 0.25) is 0 Å². The lowest BCUT2D eigenvalue weighted by Crippen LogP contribution is -2.46. The molecule has 0 radical (unpaired) electrons. The highest BCUT2D eigenvalue weighted by Crippen LogP contribution is 2.34. The SMILES string of the molecule is CNC(=O)[C@H]1Cc2ccccc2N1C(=O)/C=C\c1ccc2c(c1)OCO2. The average Bonchev–Trinajstić information content (AvgIpc) is 3.29. The molecule has 1 N–H and O–H groups in total. The van der Waals surface area contributed by atoms with E-state index >= 15 is 0 Å². The van der Waals surface area contributed by atoms with Crippen LogP contribution in [-0.2, 0) is 16.0 Å². The van der Waals surface area contributed by atoms with Crippen molar-refractivity contribution in [3.63, 3.8) is 0 Å². The van der Waals surface area contributed by atoms with Gasteiger partial charge in [0.15, 0.2) is 11.5 Å². The molecule has 2 heterocycles. The molecule has 0 saturated heterocycles. The highest BCUT2D eigenvalue weighted by molar-refractivity contribution is 6.09. The third-order valence-electron chi connectivity index (χ3n) is 4.58. The predicted octanol–water partition coefficient (Wildman–Crippen LogP) is 2.13. The number of benzene rings is 2. The van der Waals surface area contributed by atoms with E-state index < -0.39 is 6.04 Å². The first-order chi connectivity index (χ1) is 12.7. The molecule has 0 fully saturated rings. The monoisotopic (exact) mass is 350 g/mol. The van der Waals surface area contributed by atoms with Crippen molar-refractivity contribution in [2.75, 3.05) is 18.7 Å². The summed E-state index contributed by atoms with van der Waals surface area (Å²) in [6, 6.07) is 12.5. The number of nitrogens with one attached hydrogen (secondary N) is 1. The first-order valence-corrected chi connectivity index (χ1v) is 8.38. The molecule has 26 heavy (non-hydrogen) atoms. The van der Waals surface area contributed by atoms with E-state index in [0.717, 1.165) is 16.8 Å². The highest BCUT2D eigenvalue weighted by atomic mass is 16.7. The van der Waals surface area contributed by atoms with Crippen molar-refractivity contribution in [1.29, 1.82) is 0 Å². The Morgan fingerprint density at radius 1 is 1.15 bits per heavy atom. The molecule has 0 bridgehead atoms. The first kappa shape index (κ1) is 16.2. The van der Waals surface area contributed by atoms with Gasteiger partial charge < -0.3 is 14.8 Å². The normalized spacial score (nSPS) is 17.4. The second-order valence-corrected chi connectivity index (χ2v) is 6.12. The Hall–Kier alpha value is -3.28. The Kier molecular flexibility index (Phi) is 4.08. The van der Waals surface area contributed by atoms with Gasteiger partial charge in [0.05, 0.1) is 0 Å². The number of ether oxygens (including phenoxy) is 2. The zero-order valence-electron chi connectivity index (χ0n) is 14.3. The van der Waals surface area contributed by atoms with Crippen LogP contribution in [0.4, 0.5) is 5.69 Å². The molecule has 1 atom stereocenters. The highest BCUT2D eigenvalue weighted by Gasteiger charge is 2.36. The number of fused-ring (bicyclic) bond motifs is 2. The van der Waals surface area contributed by atoms with Gasteiger partial charge in [0.1, 0.15) is 6.04 Å². The Balaban J connectivity index is 1.60. The van der Waals surface area contributed by atoms with E-state index in [-0.39, 0.29) is 18.6 Å². The number of rotatable bonds is 3. The lowest BCUT2D eigenvalue weighted by Gasteiger charge is -2.23. The van der Waals surface area contributed by atoms with Gasteiger partial charge in [-0.2, -0.15) is 0 Å². The molecular formula is C20H18N2O4. The first-order valence-electron chi connectivity index (χ1n) is 8.38. The number of amides is 2. The summed E-state index contributed by atoms with van der Waals surface area (Å²) in [6.07, 6.45) is 3.71. The Labute approximate surface area is 151 Å². The van der Waals surface area contributed by atoms with Gasteiger partial charge in [-0.25, -0.2) is 0 Å². The smallest absolute Gasteiger partial charge is 0.251 e. The molecule has 2 aromatic rings. The maximum Gasteiger partial charge on any atom is 0.251 e. The van der Waals surface area contributed by atoms with Crippen LogP contribution in [0.15, 0.2) is 48.5 Å². The zero-order valence-corrected chi connectivity index (χ0v) is 14.3. The predicted molar refractivity (Wildman–Crippen MR) is 97.1 cm³/mol. The molecule has 6 heteroatoms. The van der Waals surface area contributed by atoms with Gasteiger partial charge in [-0.15, -0.1) is 0 Å². The number of anilines is 1. The lowest BCUT2D eigenvalue weighted by molar-refractivity contribution is -0.124. The number of carbonyl (C=O) groups is 2. The number of nitrogens with zero attached hydrogens (tertiary/aromatic N) is 1. The average molecular weight is 350 g/mol. The summed E-state index contributed by atoms with van der Waals surface area (Å²) in [5.41, 5.74) is 2.60. The molecule has 2 aliphatic heterocycles. The Morgan fingerprint density at radius 3 is 2.81 bits per heavy atom. The van der Waals surface area contributed by atoms with Crippen LogP contribution in [0.25, 0.3) is 6.08 Å². The molecule has 2 aromatic carbocycles. The number of likely N-dealkylation sites (N-methyl/N-ethyl adjacent to an activating group) is 1. The van der Waals surface area contributed by atoms with Gasteiger partial charge >= 0.3 is 0 Å². The molecule has 6 nitrogen and oxygen atoms in total. The summed E-state index contributed by atoms with van der Waals surface area (Å²) in [5, 5.41) is 2.64. The molecular weight excluding hydrogens is 332 g/mol. The van der Waals surface area contributed by atoms with Crippen LogP contribution in [-0.4, -0.2) is 31.7 Å². The minimum Gasteiger partial charge on any atom is -0.454 e. The van der Waals surface area contributed by atoms with Crippen LogP contribution in [0.1, 0.15) is 11.1 Å². The number of carbonyl (C=O) groups excluding carboxylic acids is 2.